The van der Waals surface area contributed by atoms with Crippen molar-refractivity contribution in [1.82, 2.24) is 4.31 Å². The lowest BCUT2D eigenvalue weighted by Gasteiger charge is -2.33. The Morgan fingerprint density at radius 3 is 2.30 bits per heavy atom. The zero-order valence-electron chi connectivity index (χ0n) is 19.5. The van der Waals surface area contributed by atoms with Crippen molar-refractivity contribution in [1.29, 1.82) is 0 Å². The molecule has 0 spiro atoms. The summed E-state index contributed by atoms with van der Waals surface area (Å²) in [6.07, 6.45) is 2.57. The Labute approximate surface area is 196 Å². The lowest BCUT2D eigenvalue weighted by Crippen LogP contribution is -2.43. The average molecular weight is 470 g/mol. The van der Waals surface area contributed by atoms with Crippen molar-refractivity contribution >= 4 is 33.2 Å². The SMILES string of the molecule is CC(=O)N1CCCc2cc(S(=O)(=O)N3CCC(C(=O)N(C)c4ccc(C)cc4)CC3)ccc21. The van der Waals surface area contributed by atoms with Crippen LogP contribution >= 0.6 is 0 Å². The zero-order valence-corrected chi connectivity index (χ0v) is 20.3. The summed E-state index contributed by atoms with van der Waals surface area (Å²) in [5.74, 6) is -0.210. The number of benzene rings is 2. The van der Waals surface area contributed by atoms with E-state index in [1.807, 2.05) is 31.2 Å². The van der Waals surface area contributed by atoms with Crippen molar-refractivity contribution in [2.75, 3.05) is 36.5 Å². The maximum atomic E-state index is 13.3. The molecule has 1 fully saturated rings. The van der Waals surface area contributed by atoms with Crippen LogP contribution in [0.15, 0.2) is 47.4 Å². The van der Waals surface area contributed by atoms with Crippen LogP contribution < -0.4 is 9.80 Å². The van der Waals surface area contributed by atoms with Gasteiger partial charge in [-0.15, -0.1) is 0 Å². The third kappa shape index (κ3) is 4.68. The van der Waals surface area contributed by atoms with Crippen LogP contribution in [0.5, 0.6) is 0 Å². The minimum atomic E-state index is -3.65. The molecule has 2 aliphatic heterocycles. The molecule has 33 heavy (non-hydrogen) atoms. The number of aryl methyl sites for hydroxylation is 2. The third-order valence-corrected chi connectivity index (χ3v) is 8.64. The molecule has 2 aliphatic rings. The van der Waals surface area contributed by atoms with Crippen LogP contribution in [0.1, 0.15) is 37.3 Å². The zero-order chi connectivity index (χ0) is 23.8. The number of hydrogen-bond acceptors (Lipinski definition) is 4. The molecule has 0 saturated carbocycles. The third-order valence-electron chi connectivity index (χ3n) is 6.74. The Balaban J connectivity index is 1.44. The highest BCUT2D eigenvalue weighted by atomic mass is 32.2. The number of carbonyl (C=O) groups is 2. The van der Waals surface area contributed by atoms with Crippen molar-refractivity contribution in [3.05, 3.63) is 53.6 Å². The molecule has 4 rings (SSSR count). The molecule has 0 aliphatic carbocycles. The number of fused-ring (bicyclic) bond motifs is 1. The van der Waals surface area contributed by atoms with Gasteiger partial charge in [-0.3, -0.25) is 9.59 Å². The molecule has 0 radical (unpaired) electrons. The smallest absolute Gasteiger partial charge is 0.243 e. The standard InChI is InChI=1S/C25H31N3O4S/c1-18-6-8-22(9-7-18)26(3)25(30)20-12-15-27(16-13-20)33(31,32)23-10-11-24-21(17-23)5-4-14-28(24)19(2)29/h6-11,17,20H,4-5,12-16H2,1-3H3. The summed E-state index contributed by atoms with van der Waals surface area (Å²) < 4.78 is 28.1. The van der Waals surface area contributed by atoms with E-state index < -0.39 is 10.0 Å². The van der Waals surface area contributed by atoms with Gasteiger partial charge in [0.05, 0.1) is 4.90 Å². The van der Waals surface area contributed by atoms with Gasteiger partial charge in [0, 0.05) is 50.9 Å². The predicted octanol–water partition coefficient (Wildman–Crippen LogP) is 3.36. The maximum Gasteiger partial charge on any atom is 0.243 e. The Morgan fingerprint density at radius 1 is 1.00 bits per heavy atom. The lowest BCUT2D eigenvalue weighted by molar-refractivity contribution is -0.123. The summed E-state index contributed by atoms with van der Waals surface area (Å²) in [5.41, 5.74) is 3.67. The Bertz CT molecular complexity index is 1150. The largest absolute Gasteiger partial charge is 0.315 e. The fourth-order valence-electron chi connectivity index (χ4n) is 4.72. The van der Waals surface area contributed by atoms with E-state index in [0.717, 1.165) is 35.3 Å². The van der Waals surface area contributed by atoms with Gasteiger partial charge >= 0.3 is 0 Å². The second-order valence-corrected chi connectivity index (χ2v) is 10.9. The van der Waals surface area contributed by atoms with Crippen molar-refractivity contribution in [3.8, 4) is 0 Å². The number of carbonyl (C=O) groups excluding carboxylic acids is 2. The molecule has 0 aromatic heterocycles. The van der Waals surface area contributed by atoms with Gasteiger partial charge in [-0.25, -0.2) is 8.42 Å². The van der Waals surface area contributed by atoms with Crippen LogP contribution in [-0.2, 0) is 26.0 Å². The molecule has 7 nitrogen and oxygen atoms in total. The first-order valence-corrected chi connectivity index (χ1v) is 12.9. The molecule has 2 heterocycles. The topological polar surface area (TPSA) is 78.0 Å². The van der Waals surface area contributed by atoms with E-state index >= 15 is 0 Å². The van der Waals surface area contributed by atoms with E-state index in [9.17, 15) is 18.0 Å². The fourth-order valence-corrected chi connectivity index (χ4v) is 6.24. The Kier molecular flexibility index (Phi) is 6.59. The predicted molar refractivity (Wildman–Crippen MR) is 129 cm³/mol. The van der Waals surface area contributed by atoms with Gasteiger partial charge in [0.25, 0.3) is 0 Å². The molecule has 1 saturated heterocycles. The Hall–Kier alpha value is -2.71. The van der Waals surface area contributed by atoms with Gasteiger partial charge < -0.3 is 9.80 Å². The van der Waals surface area contributed by atoms with Crippen LogP contribution in [-0.4, -0.2) is 51.2 Å². The van der Waals surface area contributed by atoms with Crippen LogP contribution in [0.2, 0.25) is 0 Å². The Morgan fingerprint density at radius 2 is 1.67 bits per heavy atom. The van der Waals surface area contributed by atoms with Gasteiger partial charge in [-0.05, 0) is 68.5 Å². The van der Waals surface area contributed by atoms with E-state index in [-0.39, 0.29) is 22.6 Å². The average Bonchev–Trinajstić information content (AvgIpc) is 2.82. The number of rotatable bonds is 4. The first-order valence-electron chi connectivity index (χ1n) is 11.4. The van der Waals surface area contributed by atoms with E-state index in [0.29, 0.717) is 32.5 Å². The van der Waals surface area contributed by atoms with E-state index in [1.54, 1.807) is 35.0 Å². The quantitative estimate of drug-likeness (QED) is 0.688. The van der Waals surface area contributed by atoms with Gasteiger partial charge in [0.1, 0.15) is 0 Å². The van der Waals surface area contributed by atoms with Crippen LogP contribution in [0.25, 0.3) is 0 Å². The molecule has 0 unspecified atom stereocenters. The molecule has 8 heteroatoms. The van der Waals surface area contributed by atoms with Gasteiger partial charge in [0.15, 0.2) is 0 Å². The number of nitrogens with zero attached hydrogens (tertiary/aromatic N) is 3. The molecule has 0 bridgehead atoms. The van der Waals surface area contributed by atoms with Crippen molar-refractivity contribution < 1.29 is 18.0 Å². The number of anilines is 2. The maximum absolute atomic E-state index is 13.3. The summed E-state index contributed by atoms with van der Waals surface area (Å²) in [7, 11) is -1.88. The monoisotopic (exact) mass is 469 g/mol. The lowest BCUT2D eigenvalue weighted by atomic mass is 9.96. The highest BCUT2D eigenvalue weighted by molar-refractivity contribution is 7.89. The number of amides is 2. The highest BCUT2D eigenvalue weighted by Gasteiger charge is 2.34. The van der Waals surface area contributed by atoms with Gasteiger partial charge in [-0.1, -0.05) is 17.7 Å². The van der Waals surface area contributed by atoms with Crippen molar-refractivity contribution in [2.24, 2.45) is 5.92 Å². The minimum absolute atomic E-state index is 0.0222. The number of sulfonamides is 1. The number of piperidine rings is 1. The van der Waals surface area contributed by atoms with E-state index in [4.69, 9.17) is 0 Å². The summed E-state index contributed by atoms with van der Waals surface area (Å²) in [6.45, 7) is 4.83. The van der Waals surface area contributed by atoms with Crippen molar-refractivity contribution in [2.45, 2.75) is 44.4 Å². The highest BCUT2D eigenvalue weighted by Crippen LogP contribution is 2.32. The summed E-state index contributed by atoms with van der Waals surface area (Å²) in [5, 5.41) is 0. The van der Waals surface area contributed by atoms with E-state index in [2.05, 4.69) is 0 Å². The van der Waals surface area contributed by atoms with Crippen molar-refractivity contribution in [3.63, 3.8) is 0 Å². The van der Waals surface area contributed by atoms with Crippen LogP contribution in [0.3, 0.4) is 0 Å². The molecule has 176 valence electrons. The minimum Gasteiger partial charge on any atom is -0.315 e. The number of hydrogen-bond donors (Lipinski definition) is 0. The van der Waals surface area contributed by atoms with Crippen LogP contribution in [0.4, 0.5) is 11.4 Å². The fraction of sp³-hybridized carbons (Fsp3) is 0.440. The first-order chi connectivity index (χ1) is 15.7. The molecule has 0 atom stereocenters. The van der Waals surface area contributed by atoms with E-state index in [1.165, 1.54) is 11.2 Å². The summed E-state index contributed by atoms with van der Waals surface area (Å²) in [6, 6.07) is 12.9. The first kappa shape index (κ1) is 23.4. The molecular formula is C25H31N3O4S. The van der Waals surface area contributed by atoms with Gasteiger partial charge in [0.2, 0.25) is 21.8 Å². The molecule has 2 amide bonds. The molecule has 2 aromatic carbocycles. The summed E-state index contributed by atoms with van der Waals surface area (Å²) >= 11 is 0. The van der Waals surface area contributed by atoms with Gasteiger partial charge in [-0.2, -0.15) is 4.31 Å². The summed E-state index contributed by atoms with van der Waals surface area (Å²) in [4.78, 5) is 28.5. The molecule has 2 aromatic rings. The second kappa shape index (κ2) is 9.27. The molecular weight excluding hydrogens is 438 g/mol. The normalized spacial score (nSPS) is 17.5. The second-order valence-electron chi connectivity index (χ2n) is 8.98. The van der Waals surface area contributed by atoms with Crippen LogP contribution in [0, 0.1) is 12.8 Å². The molecule has 0 N–H and O–H groups in total.